The Hall–Kier alpha value is -3.52. The van der Waals surface area contributed by atoms with Gasteiger partial charge in [-0.15, -0.1) is 0 Å². The van der Waals surface area contributed by atoms with Crippen LogP contribution in [0.5, 0.6) is 5.75 Å². The first-order chi connectivity index (χ1) is 18.4. The van der Waals surface area contributed by atoms with Crippen molar-refractivity contribution in [3.63, 3.8) is 0 Å². The van der Waals surface area contributed by atoms with E-state index in [4.69, 9.17) is 4.74 Å². The zero-order valence-electron chi connectivity index (χ0n) is 22.1. The minimum absolute atomic E-state index is 0.0940. The number of nitrogens with one attached hydrogen (secondary N) is 1. The average molecular weight is 518 g/mol. The van der Waals surface area contributed by atoms with Gasteiger partial charge in [-0.1, -0.05) is 12.1 Å². The summed E-state index contributed by atoms with van der Waals surface area (Å²) in [7, 11) is 2.18. The molecule has 2 aromatic heterocycles. The van der Waals surface area contributed by atoms with Gasteiger partial charge >= 0.3 is 0 Å². The van der Waals surface area contributed by atoms with Crippen LogP contribution in [0.25, 0.3) is 22.2 Å². The van der Waals surface area contributed by atoms with Crippen LogP contribution in [0.1, 0.15) is 49.6 Å². The molecule has 1 saturated heterocycles. The number of hydrogen-bond acceptors (Lipinski definition) is 5. The molecule has 6 nitrogen and oxygen atoms in total. The van der Waals surface area contributed by atoms with Crippen molar-refractivity contribution in [2.75, 3.05) is 38.2 Å². The van der Waals surface area contributed by atoms with Gasteiger partial charge < -0.3 is 19.5 Å². The number of hydrogen-bond donors (Lipinski definition) is 1. The minimum atomic E-state index is -0.580. The highest BCUT2D eigenvalue weighted by atomic mass is 19.1. The summed E-state index contributed by atoms with van der Waals surface area (Å²) < 4.78 is 35.5. The number of halogens is 2. The summed E-state index contributed by atoms with van der Waals surface area (Å²) in [6.45, 7) is 7.39. The molecule has 0 bridgehead atoms. The van der Waals surface area contributed by atoms with E-state index in [1.165, 1.54) is 36.1 Å². The second-order valence-electron chi connectivity index (χ2n) is 10.8. The van der Waals surface area contributed by atoms with Crippen LogP contribution in [0, 0.1) is 11.6 Å². The lowest BCUT2D eigenvalue weighted by molar-refractivity contribution is 0.256. The normalized spacial score (nSPS) is 16.7. The monoisotopic (exact) mass is 517 g/mol. The first-order valence-electron chi connectivity index (χ1n) is 13.4. The molecule has 0 radical (unpaired) electrons. The fourth-order valence-corrected chi connectivity index (χ4v) is 5.81. The number of aromatic amines is 1. The summed E-state index contributed by atoms with van der Waals surface area (Å²) in [6, 6.07) is 9.60. The van der Waals surface area contributed by atoms with E-state index in [-0.39, 0.29) is 17.5 Å². The van der Waals surface area contributed by atoms with Crippen molar-refractivity contribution in [2.24, 2.45) is 0 Å². The number of piperidine rings is 1. The molecule has 198 valence electrons. The number of aromatic nitrogens is 3. The van der Waals surface area contributed by atoms with Crippen LogP contribution in [-0.4, -0.2) is 59.2 Å². The maximum absolute atomic E-state index is 15.0. The van der Waals surface area contributed by atoms with Crippen molar-refractivity contribution in [3.8, 4) is 17.0 Å². The molecular formula is C30H33F2N5O. The van der Waals surface area contributed by atoms with Crippen LogP contribution in [0.4, 0.5) is 14.5 Å². The van der Waals surface area contributed by atoms with E-state index in [1.54, 1.807) is 6.07 Å². The van der Waals surface area contributed by atoms with E-state index in [9.17, 15) is 4.39 Å². The van der Waals surface area contributed by atoms with Crippen molar-refractivity contribution in [1.29, 1.82) is 0 Å². The predicted octanol–water partition coefficient (Wildman–Crippen LogP) is 5.91. The third-order valence-electron chi connectivity index (χ3n) is 7.90. The van der Waals surface area contributed by atoms with Crippen LogP contribution >= 0.6 is 0 Å². The molecule has 2 aromatic carbocycles. The Labute approximate surface area is 221 Å². The van der Waals surface area contributed by atoms with Crippen LogP contribution in [0.3, 0.4) is 0 Å². The Kier molecular flexibility index (Phi) is 6.51. The van der Waals surface area contributed by atoms with Crippen molar-refractivity contribution in [3.05, 3.63) is 71.3 Å². The number of anilines is 1. The van der Waals surface area contributed by atoms with Crippen molar-refractivity contribution in [2.45, 2.75) is 45.1 Å². The summed E-state index contributed by atoms with van der Waals surface area (Å²) in [5.41, 5.74) is 4.59. The maximum atomic E-state index is 15.0. The van der Waals surface area contributed by atoms with Gasteiger partial charge in [-0.3, -0.25) is 0 Å². The van der Waals surface area contributed by atoms with Gasteiger partial charge in [0.05, 0.1) is 18.4 Å². The third kappa shape index (κ3) is 4.62. The number of ether oxygens (including phenoxy) is 1. The van der Waals surface area contributed by atoms with E-state index in [1.807, 2.05) is 13.8 Å². The largest absolute Gasteiger partial charge is 0.486 e. The van der Waals surface area contributed by atoms with Crippen molar-refractivity contribution < 1.29 is 13.5 Å². The summed E-state index contributed by atoms with van der Waals surface area (Å²) in [6.07, 6.45) is 6.10. The van der Waals surface area contributed by atoms with Gasteiger partial charge in [0.15, 0.2) is 17.4 Å². The summed E-state index contributed by atoms with van der Waals surface area (Å²) in [5, 5.41) is 1.26. The lowest BCUT2D eigenvalue weighted by Crippen LogP contribution is -2.38. The van der Waals surface area contributed by atoms with Gasteiger partial charge in [0.1, 0.15) is 18.1 Å². The van der Waals surface area contributed by atoms with Gasteiger partial charge in [0.25, 0.3) is 0 Å². The standard InChI is InChI=1S/C30H33F2N5O/c1-18(2)37-10-11-38-30-24(31)14-21(15-27(30)37)29-25(32)17-34-28(35-29)13-19-4-5-22-23(16-33-26(22)12-19)20-6-8-36(3)9-7-20/h4-5,12,14-18,20,33H,6-11,13H2,1-3H3. The predicted molar refractivity (Wildman–Crippen MR) is 146 cm³/mol. The highest BCUT2D eigenvalue weighted by Gasteiger charge is 2.26. The molecule has 38 heavy (non-hydrogen) atoms. The van der Waals surface area contributed by atoms with Crippen molar-refractivity contribution in [1.82, 2.24) is 19.9 Å². The molecule has 1 N–H and O–H groups in total. The summed E-state index contributed by atoms with van der Waals surface area (Å²) in [4.78, 5) is 16.7. The number of likely N-dealkylation sites (tertiary alicyclic amines) is 1. The molecule has 0 atom stereocenters. The van der Waals surface area contributed by atoms with Gasteiger partial charge in [-0.2, -0.15) is 0 Å². The minimum Gasteiger partial charge on any atom is -0.486 e. The van der Waals surface area contributed by atoms with Crippen LogP contribution in [0.15, 0.2) is 42.7 Å². The lowest BCUT2D eigenvalue weighted by atomic mass is 9.89. The highest BCUT2D eigenvalue weighted by molar-refractivity contribution is 5.84. The molecule has 4 aromatic rings. The Morgan fingerprint density at radius 3 is 2.68 bits per heavy atom. The Bertz CT molecular complexity index is 1480. The lowest BCUT2D eigenvalue weighted by Gasteiger charge is -2.34. The Balaban J connectivity index is 1.28. The molecule has 0 unspecified atom stereocenters. The SMILES string of the molecule is CC(C)N1CCOc2c(F)cc(-c3nc(Cc4ccc5c(C6CCN(C)CC6)c[nH]c5c4)ncc3F)cc21. The first kappa shape index (κ1) is 24.8. The highest BCUT2D eigenvalue weighted by Crippen LogP contribution is 2.39. The number of benzene rings is 2. The van der Waals surface area contributed by atoms with E-state index in [2.05, 4.69) is 56.2 Å². The van der Waals surface area contributed by atoms with Crippen molar-refractivity contribution >= 4 is 16.6 Å². The molecule has 4 heterocycles. The van der Waals surface area contributed by atoms with Gasteiger partial charge in [-0.25, -0.2) is 18.7 Å². The average Bonchev–Trinajstić information content (AvgIpc) is 3.33. The summed E-state index contributed by atoms with van der Waals surface area (Å²) in [5.74, 6) is 0.173. The molecular weight excluding hydrogens is 484 g/mol. The number of H-pyrrole nitrogens is 1. The van der Waals surface area contributed by atoms with Crippen LogP contribution < -0.4 is 9.64 Å². The molecule has 0 saturated carbocycles. The van der Waals surface area contributed by atoms with Gasteiger partial charge in [0.2, 0.25) is 0 Å². The van der Waals surface area contributed by atoms with Crippen LogP contribution in [-0.2, 0) is 6.42 Å². The summed E-state index contributed by atoms with van der Waals surface area (Å²) >= 11 is 0. The van der Waals surface area contributed by atoms with E-state index in [0.29, 0.717) is 42.6 Å². The van der Waals surface area contributed by atoms with E-state index >= 15 is 4.39 Å². The third-order valence-corrected chi connectivity index (χ3v) is 7.90. The van der Waals surface area contributed by atoms with E-state index < -0.39 is 11.6 Å². The molecule has 2 aliphatic heterocycles. The molecule has 0 spiro atoms. The zero-order valence-corrected chi connectivity index (χ0v) is 22.1. The quantitative estimate of drug-likeness (QED) is 0.357. The molecule has 0 aliphatic carbocycles. The van der Waals surface area contributed by atoms with E-state index in [0.717, 1.165) is 24.2 Å². The number of rotatable bonds is 5. The fraction of sp³-hybridized carbons (Fsp3) is 0.400. The van der Waals surface area contributed by atoms with Gasteiger partial charge in [-0.05, 0) is 82.1 Å². The maximum Gasteiger partial charge on any atom is 0.178 e. The zero-order chi connectivity index (χ0) is 26.4. The Morgan fingerprint density at radius 2 is 1.89 bits per heavy atom. The van der Waals surface area contributed by atoms with Crippen LogP contribution in [0.2, 0.25) is 0 Å². The first-order valence-corrected chi connectivity index (χ1v) is 13.4. The molecule has 0 amide bonds. The second-order valence-corrected chi connectivity index (χ2v) is 10.8. The fourth-order valence-electron chi connectivity index (χ4n) is 5.81. The van der Waals surface area contributed by atoms with Gasteiger partial charge in [0, 0.05) is 35.1 Å². The number of fused-ring (bicyclic) bond motifs is 2. The second kappa shape index (κ2) is 9.98. The topological polar surface area (TPSA) is 57.3 Å². The molecule has 1 fully saturated rings. The Morgan fingerprint density at radius 1 is 1.08 bits per heavy atom. The molecule has 6 rings (SSSR count). The smallest absolute Gasteiger partial charge is 0.178 e. The number of nitrogens with zero attached hydrogens (tertiary/aromatic N) is 4. The molecule has 8 heteroatoms. The molecule has 2 aliphatic rings.